The van der Waals surface area contributed by atoms with Crippen LogP contribution in [-0.2, 0) is 0 Å². The van der Waals surface area contributed by atoms with Gasteiger partial charge in [-0.2, -0.15) is 0 Å². The van der Waals surface area contributed by atoms with Crippen LogP contribution in [0, 0.1) is 6.92 Å². The summed E-state index contributed by atoms with van der Waals surface area (Å²) in [7, 11) is 0. The van der Waals surface area contributed by atoms with Crippen molar-refractivity contribution >= 4 is 29.0 Å². The van der Waals surface area contributed by atoms with Gasteiger partial charge in [-0.15, -0.1) is 0 Å². The minimum atomic E-state index is -0.207. The summed E-state index contributed by atoms with van der Waals surface area (Å²) in [6, 6.07) is 20.6. The number of hydrogen-bond acceptors (Lipinski definition) is 2. The predicted molar refractivity (Wildman–Crippen MR) is 105 cm³/mol. The fourth-order valence-corrected chi connectivity index (χ4v) is 2.97. The molecular weight excluding hydrogens is 346 g/mol. The van der Waals surface area contributed by atoms with Crippen LogP contribution in [0.1, 0.15) is 15.9 Å². The number of carbonyl (C=O) groups excluding carboxylic acids is 1. The summed E-state index contributed by atoms with van der Waals surface area (Å²) in [6.07, 6.45) is 1.92. The molecule has 5 heteroatoms. The van der Waals surface area contributed by atoms with Gasteiger partial charge in [0, 0.05) is 22.3 Å². The highest BCUT2D eigenvalue weighted by atomic mass is 35.5. The van der Waals surface area contributed by atoms with Gasteiger partial charge in [0.25, 0.3) is 5.91 Å². The number of nitrogens with one attached hydrogen (secondary N) is 1. The number of carbonyl (C=O) groups is 1. The Morgan fingerprint density at radius 2 is 1.77 bits per heavy atom. The van der Waals surface area contributed by atoms with Gasteiger partial charge in [0.05, 0.1) is 0 Å². The third-order valence-electron chi connectivity index (χ3n) is 4.17. The molecule has 26 heavy (non-hydrogen) atoms. The predicted octanol–water partition coefficient (Wildman–Crippen LogP) is 5.22. The average molecular weight is 362 g/mol. The van der Waals surface area contributed by atoms with Gasteiger partial charge < -0.3 is 5.32 Å². The Balaban J connectivity index is 1.82. The Labute approximate surface area is 156 Å². The molecule has 0 aliphatic rings. The van der Waals surface area contributed by atoms with Crippen LogP contribution in [-0.4, -0.2) is 15.3 Å². The van der Waals surface area contributed by atoms with Crippen molar-refractivity contribution in [3.63, 3.8) is 0 Å². The molecule has 0 unspecified atom stereocenters. The summed E-state index contributed by atoms with van der Waals surface area (Å²) < 4.78 is 1.89. The van der Waals surface area contributed by atoms with Crippen LogP contribution in [0.25, 0.3) is 16.9 Å². The van der Waals surface area contributed by atoms with Gasteiger partial charge in [-0.1, -0.05) is 41.9 Å². The van der Waals surface area contributed by atoms with Crippen molar-refractivity contribution in [3.8, 4) is 11.3 Å². The van der Waals surface area contributed by atoms with Crippen LogP contribution in [0.3, 0.4) is 0 Å². The third kappa shape index (κ3) is 3.07. The maximum absolute atomic E-state index is 12.7. The number of rotatable bonds is 3. The average Bonchev–Trinajstić information content (AvgIpc) is 3.00. The number of anilines is 1. The normalized spacial score (nSPS) is 10.8. The number of aryl methyl sites for hydroxylation is 1. The van der Waals surface area contributed by atoms with Crippen molar-refractivity contribution in [2.75, 3.05) is 5.32 Å². The maximum Gasteiger partial charge on any atom is 0.256 e. The molecule has 1 amide bonds. The van der Waals surface area contributed by atoms with E-state index in [4.69, 9.17) is 16.6 Å². The molecule has 4 nitrogen and oxygen atoms in total. The van der Waals surface area contributed by atoms with Gasteiger partial charge in [-0.25, -0.2) is 4.98 Å². The Kier molecular flexibility index (Phi) is 4.19. The van der Waals surface area contributed by atoms with E-state index in [0.29, 0.717) is 16.4 Å². The fourth-order valence-electron chi connectivity index (χ4n) is 2.84. The summed E-state index contributed by atoms with van der Waals surface area (Å²) >= 11 is 5.91. The zero-order valence-electron chi connectivity index (χ0n) is 14.1. The van der Waals surface area contributed by atoms with E-state index in [-0.39, 0.29) is 5.91 Å². The number of nitrogens with zero attached hydrogens (tertiary/aromatic N) is 2. The van der Waals surface area contributed by atoms with E-state index in [0.717, 1.165) is 22.5 Å². The van der Waals surface area contributed by atoms with Crippen molar-refractivity contribution in [1.29, 1.82) is 0 Å². The standard InChI is InChI=1S/C21H16ClN3O/c1-14-11-12-25-18(13-14)23-19(15-5-3-2-4-6-15)20(25)24-21(26)16-7-9-17(22)10-8-16/h2-13H,1H3,(H,24,26). The van der Waals surface area contributed by atoms with Crippen LogP contribution >= 0.6 is 11.6 Å². The number of benzene rings is 2. The lowest BCUT2D eigenvalue weighted by Crippen LogP contribution is -2.14. The number of aromatic nitrogens is 2. The number of amides is 1. The first-order chi connectivity index (χ1) is 12.6. The van der Waals surface area contributed by atoms with E-state index < -0.39 is 0 Å². The summed E-state index contributed by atoms with van der Waals surface area (Å²) in [5.41, 5.74) is 4.11. The molecule has 0 fully saturated rings. The summed E-state index contributed by atoms with van der Waals surface area (Å²) in [4.78, 5) is 17.5. The first-order valence-electron chi connectivity index (χ1n) is 8.23. The Morgan fingerprint density at radius 1 is 1.04 bits per heavy atom. The zero-order chi connectivity index (χ0) is 18.1. The molecule has 0 saturated heterocycles. The Bertz CT molecular complexity index is 1090. The molecule has 4 aromatic rings. The lowest BCUT2D eigenvalue weighted by molar-refractivity contribution is 0.102. The molecule has 0 spiro atoms. The maximum atomic E-state index is 12.7. The minimum Gasteiger partial charge on any atom is -0.306 e. The largest absolute Gasteiger partial charge is 0.306 e. The molecular formula is C21H16ClN3O. The Hall–Kier alpha value is -3.11. The van der Waals surface area contributed by atoms with E-state index in [2.05, 4.69) is 5.32 Å². The van der Waals surface area contributed by atoms with E-state index >= 15 is 0 Å². The lowest BCUT2D eigenvalue weighted by Gasteiger charge is -2.08. The van der Waals surface area contributed by atoms with Gasteiger partial charge in [0.1, 0.15) is 17.2 Å². The van der Waals surface area contributed by atoms with Crippen molar-refractivity contribution in [2.45, 2.75) is 6.92 Å². The lowest BCUT2D eigenvalue weighted by atomic mass is 10.1. The van der Waals surface area contributed by atoms with Crippen molar-refractivity contribution in [1.82, 2.24) is 9.38 Å². The Morgan fingerprint density at radius 3 is 2.50 bits per heavy atom. The first kappa shape index (κ1) is 16.4. The smallest absolute Gasteiger partial charge is 0.256 e. The first-order valence-corrected chi connectivity index (χ1v) is 8.61. The number of hydrogen-bond donors (Lipinski definition) is 1. The van der Waals surface area contributed by atoms with Gasteiger partial charge in [0.2, 0.25) is 0 Å². The highest BCUT2D eigenvalue weighted by Gasteiger charge is 2.17. The molecule has 0 saturated carbocycles. The highest BCUT2D eigenvalue weighted by molar-refractivity contribution is 6.30. The molecule has 2 aromatic carbocycles. The third-order valence-corrected chi connectivity index (χ3v) is 4.42. The van der Waals surface area contributed by atoms with Gasteiger partial charge in [-0.05, 0) is 48.9 Å². The van der Waals surface area contributed by atoms with E-state index in [1.807, 2.05) is 60.0 Å². The molecule has 0 radical (unpaired) electrons. The molecule has 1 N–H and O–H groups in total. The van der Waals surface area contributed by atoms with Crippen LogP contribution in [0.2, 0.25) is 5.02 Å². The molecule has 0 aliphatic carbocycles. The summed E-state index contributed by atoms with van der Waals surface area (Å²) in [6.45, 7) is 2.02. The van der Waals surface area contributed by atoms with Crippen molar-refractivity contribution in [2.24, 2.45) is 0 Å². The second-order valence-electron chi connectivity index (χ2n) is 6.07. The molecule has 128 valence electrons. The second-order valence-corrected chi connectivity index (χ2v) is 6.50. The molecule has 2 aromatic heterocycles. The van der Waals surface area contributed by atoms with Crippen LogP contribution in [0.15, 0.2) is 72.9 Å². The molecule has 2 heterocycles. The van der Waals surface area contributed by atoms with E-state index in [1.165, 1.54) is 0 Å². The SMILES string of the molecule is Cc1ccn2c(NC(=O)c3ccc(Cl)cc3)c(-c3ccccc3)nc2c1. The molecule has 0 aliphatic heterocycles. The highest BCUT2D eigenvalue weighted by Crippen LogP contribution is 2.29. The quantitative estimate of drug-likeness (QED) is 0.544. The van der Waals surface area contributed by atoms with Crippen LogP contribution < -0.4 is 5.32 Å². The monoisotopic (exact) mass is 361 g/mol. The number of halogens is 1. The van der Waals surface area contributed by atoms with Gasteiger partial charge in [-0.3, -0.25) is 9.20 Å². The fraction of sp³-hybridized carbons (Fsp3) is 0.0476. The molecule has 0 bridgehead atoms. The van der Waals surface area contributed by atoms with Crippen molar-refractivity contribution < 1.29 is 4.79 Å². The molecule has 4 rings (SSSR count). The van der Waals surface area contributed by atoms with E-state index in [1.54, 1.807) is 24.3 Å². The number of imidazole rings is 1. The second kappa shape index (κ2) is 6.65. The summed E-state index contributed by atoms with van der Waals surface area (Å²) in [5.74, 6) is 0.437. The van der Waals surface area contributed by atoms with Crippen molar-refractivity contribution in [3.05, 3.63) is 89.1 Å². The van der Waals surface area contributed by atoms with Crippen LogP contribution in [0.4, 0.5) is 5.82 Å². The van der Waals surface area contributed by atoms with Gasteiger partial charge in [0.15, 0.2) is 0 Å². The zero-order valence-corrected chi connectivity index (χ0v) is 14.9. The topological polar surface area (TPSA) is 46.4 Å². The van der Waals surface area contributed by atoms with Gasteiger partial charge >= 0.3 is 0 Å². The van der Waals surface area contributed by atoms with Crippen LogP contribution in [0.5, 0.6) is 0 Å². The minimum absolute atomic E-state index is 0.207. The number of pyridine rings is 1. The van der Waals surface area contributed by atoms with E-state index in [9.17, 15) is 4.79 Å². The molecule has 0 atom stereocenters. The summed E-state index contributed by atoms with van der Waals surface area (Å²) in [5, 5.41) is 3.60. The number of fused-ring (bicyclic) bond motifs is 1.